The van der Waals surface area contributed by atoms with Crippen LogP contribution in [-0.2, 0) is 19.2 Å². The van der Waals surface area contributed by atoms with Crippen LogP contribution in [0.4, 0.5) is 11.4 Å². The van der Waals surface area contributed by atoms with Crippen molar-refractivity contribution < 1.29 is 38.3 Å². The van der Waals surface area contributed by atoms with Crippen molar-refractivity contribution in [2.75, 3.05) is 10.8 Å². The molecule has 14 nitrogen and oxygen atoms in total. The van der Waals surface area contributed by atoms with E-state index in [2.05, 4.69) is 37.8 Å². The molecule has 40 heavy (non-hydrogen) atoms. The van der Waals surface area contributed by atoms with E-state index in [4.69, 9.17) is 23.9 Å². The maximum absolute atomic E-state index is 11.8. The molecular formula is C24H20N6O8S2. The fourth-order valence-electron chi connectivity index (χ4n) is 2.95. The third-order valence-electron chi connectivity index (χ3n) is 4.77. The standard InChI is InChI=1S/C24H20N6O8S2/c1-13(12-20(34)35)38-30-17-8-4-15(5-9-17)22-27-29-24(37-22)40-39-23-28-26-21(36-23)14-2-6-16(7-3-14)25-18(31)10-11-19(32)33/h2-9,30H,1,10-12H2,(H,25,31)(H,32,33)(H,34,35). The van der Waals surface area contributed by atoms with Gasteiger partial charge in [0.1, 0.15) is 12.2 Å². The number of carbonyl (C=O) groups is 3. The van der Waals surface area contributed by atoms with Crippen LogP contribution in [0.1, 0.15) is 19.3 Å². The predicted octanol–water partition coefficient (Wildman–Crippen LogP) is 4.72. The fraction of sp³-hybridized carbons (Fsp3) is 0.125. The first-order valence-corrected chi connectivity index (χ1v) is 13.5. The first-order valence-electron chi connectivity index (χ1n) is 11.3. The van der Waals surface area contributed by atoms with Crippen LogP contribution in [0.5, 0.6) is 0 Å². The third-order valence-corrected chi connectivity index (χ3v) is 6.58. The average Bonchev–Trinajstić information content (AvgIpc) is 3.60. The molecule has 0 fully saturated rings. The molecule has 4 aromatic rings. The van der Waals surface area contributed by atoms with Crippen molar-refractivity contribution in [3.63, 3.8) is 0 Å². The highest BCUT2D eigenvalue weighted by molar-refractivity contribution is 8.76. The van der Waals surface area contributed by atoms with E-state index in [0.29, 0.717) is 22.5 Å². The molecule has 206 valence electrons. The maximum Gasteiger partial charge on any atom is 0.311 e. The van der Waals surface area contributed by atoms with E-state index in [0.717, 1.165) is 21.6 Å². The molecule has 0 saturated heterocycles. The summed E-state index contributed by atoms with van der Waals surface area (Å²) in [6.45, 7) is 3.51. The maximum atomic E-state index is 11.8. The minimum Gasteiger partial charge on any atom is -0.481 e. The summed E-state index contributed by atoms with van der Waals surface area (Å²) >= 11 is 0. The number of carbonyl (C=O) groups excluding carboxylic acids is 1. The second kappa shape index (κ2) is 13.3. The lowest BCUT2D eigenvalue weighted by Crippen LogP contribution is -2.13. The summed E-state index contributed by atoms with van der Waals surface area (Å²) in [6, 6.07) is 13.5. The van der Waals surface area contributed by atoms with E-state index in [1.807, 2.05) is 0 Å². The molecule has 2 aromatic heterocycles. The van der Waals surface area contributed by atoms with Gasteiger partial charge in [0.2, 0.25) is 17.7 Å². The molecule has 0 aliphatic carbocycles. The van der Waals surface area contributed by atoms with E-state index >= 15 is 0 Å². The number of nitrogens with zero attached hydrogens (tertiary/aromatic N) is 4. The second-order valence-electron chi connectivity index (χ2n) is 7.82. The molecule has 0 saturated carbocycles. The molecule has 0 bridgehead atoms. The van der Waals surface area contributed by atoms with Gasteiger partial charge in [-0.05, 0) is 48.5 Å². The molecule has 16 heteroatoms. The van der Waals surface area contributed by atoms with Crippen LogP contribution in [0.15, 0.2) is 80.1 Å². The predicted molar refractivity (Wildman–Crippen MR) is 143 cm³/mol. The summed E-state index contributed by atoms with van der Waals surface area (Å²) in [5, 5.41) is 36.6. The topological polar surface area (TPSA) is 203 Å². The molecule has 0 atom stereocenters. The lowest BCUT2D eigenvalue weighted by molar-refractivity contribution is -0.138. The smallest absolute Gasteiger partial charge is 0.311 e. The minimum atomic E-state index is -1.05. The largest absolute Gasteiger partial charge is 0.481 e. The molecule has 1 amide bonds. The molecule has 0 unspecified atom stereocenters. The van der Waals surface area contributed by atoms with Crippen molar-refractivity contribution in [2.24, 2.45) is 0 Å². The zero-order chi connectivity index (χ0) is 28.5. The Morgan fingerprint density at radius 2 is 1.30 bits per heavy atom. The zero-order valence-electron chi connectivity index (χ0n) is 20.4. The molecule has 2 aromatic carbocycles. The minimum absolute atomic E-state index is 0.0654. The van der Waals surface area contributed by atoms with E-state index in [1.165, 1.54) is 0 Å². The van der Waals surface area contributed by atoms with Crippen LogP contribution in [0.2, 0.25) is 0 Å². The number of anilines is 2. The number of hydrogen-bond donors (Lipinski definition) is 4. The summed E-state index contributed by atoms with van der Waals surface area (Å²) in [5.74, 6) is -1.86. The first-order chi connectivity index (χ1) is 19.2. The molecule has 0 spiro atoms. The number of carboxylic acids is 2. The van der Waals surface area contributed by atoms with Gasteiger partial charge in [-0.3, -0.25) is 14.4 Å². The Hall–Kier alpha value is -4.83. The van der Waals surface area contributed by atoms with Gasteiger partial charge >= 0.3 is 11.9 Å². The van der Waals surface area contributed by atoms with Crippen LogP contribution in [0, 0.1) is 0 Å². The van der Waals surface area contributed by atoms with Crippen molar-refractivity contribution in [3.05, 3.63) is 60.9 Å². The quantitative estimate of drug-likeness (QED) is 0.0899. The van der Waals surface area contributed by atoms with Crippen LogP contribution in [0.3, 0.4) is 0 Å². The van der Waals surface area contributed by atoms with Gasteiger partial charge in [-0.1, -0.05) is 16.8 Å². The average molecular weight is 585 g/mol. The molecule has 0 radical (unpaired) electrons. The fourth-order valence-corrected chi connectivity index (χ4v) is 4.30. The van der Waals surface area contributed by atoms with Crippen LogP contribution < -0.4 is 10.8 Å². The Morgan fingerprint density at radius 1 is 0.775 bits per heavy atom. The van der Waals surface area contributed by atoms with Gasteiger partial charge in [0, 0.05) is 44.8 Å². The zero-order valence-corrected chi connectivity index (χ0v) is 22.0. The Labute approximate surface area is 233 Å². The van der Waals surface area contributed by atoms with E-state index in [-0.39, 0.29) is 47.2 Å². The van der Waals surface area contributed by atoms with Gasteiger partial charge in [-0.2, -0.15) is 0 Å². The van der Waals surface area contributed by atoms with Gasteiger partial charge < -0.3 is 29.2 Å². The number of amides is 1. The molecule has 0 aliphatic heterocycles. The van der Waals surface area contributed by atoms with Crippen LogP contribution >= 0.6 is 21.6 Å². The van der Waals surface area contributed by atoms with Crippen molar-refractivity contribution >= 4 is 50.8 Å². The van der Waals surface area contributed by atoms with Crippen LogP contribution in [-0.4, -0.2) is 48.5 Å². The highest BCUT2D eigenvalue weighted by Gasteiger charge is 2.15. The third kappa shape index (κ3) is 8.34. The Morgan fingerprint density at radius 3 is 1.80 bits per heavy atom. The Bertz CT molecular complexity index is 1500. The lowest BCUT2D eigenvalue weighted by atomic mass is 10.2. The highest BCUT2D eigenvalue weighted by atomic mass is 33.1. The molecule has 0 aliphatic rings. The number of aromatic nitrogens is 4. The molecular weight excluding hydrogens is 564 g/mol. The number of rotatable bonds is 14. The van der Waals surface area contributed by atoms with E-state index in [1.54, 1.807) is 48.5 Å². The summed E-state index contributed by atoms with van der Waals surface area (Å²) in [6.07, 6.45) is -0.677. The first kappa shape index (κ1) is 28.2. The van der Waals surface area contributed by atoms with Crippen LogP contribution in [0.25, 0.3) is 22.9 Å². The number of hydrogen-bond acceptors (Lipinski definition) is 13. The second-order valence-corrected chi connectivity index (χ2v) is 9.85. The van der Waals surface area contributed by atoms with Crippen molar-refractivity contribution in [2.45, 2.75) is 29.7 Å². The van der Waals surface area contributed by atoms with E-state index in [9.17, 15) is 14.4 Å². The summed E-state index contributed by atoms with van der Waals surface area (Å²) in [7, 11) is 2.26. The summed E-state index contributed by atoms with van der Waals surface area (Å²) < 4.78 is 11.3. The molecule has 4 rings (SSSR count). The molecule has 4 N–H and O–H groups in total. The van der Waals surface area contributed by atoms with Gasteiger partial charge in [0.25, 0.3) is 10.4 Å². The number of nitrogens with one attached hydrogen (secondary N) is 2. The summed E-state index contributed by atoms with van der Waals surface area (Å²) in [4.78, 5) is 38.1. The van der Waals surface area contributed by atoms with Gasteiger partial charge in [-0.25, -0.2) is 5.48 Å². The van der Waals surface area contributed by atoms with Crippen molar-refractivity contribution in [1.29, 1.82) is 0 Å². The highest BCUT2D eigenvalue weighted by Crippen LogP contribution is 2.38. The Balaban J connectivity index is 1.27. The normalized spacial score (nSPS) is 10.6. The number of carboxylic acid groups (broad SMARTS) is 2. The molecule has 2 heterocycles. The van der Waals surface area contributed by atoms with Crippen molar-refractivity contribution in [1.82, 2.24) is 20.4 Å². The van der Waals surface area contributed by atoms with Gasteiger partial charge in [0.15, 0.2) is 0 Å². The van der Waals surface area contributed by atoms with E-state index < -0.39 is 17.8 Å². The van der Waals surface area contributed by atoms with Gasteiger partial charge in [-0.15, -0.1) is 10.2 Å². The summed E-state index contributed by atoms with van der Waals surface area (Å²) in [5.41, 5.74) is 4.97. The number of aliphatic carboxylic acids is 2. The van der Waals surface area contributed by atoms with Gasteiger partial charge in [0.05, 0.1) is 12.1 Å². The lowest BCUT2D eigenvalue weighted by Gasteiger charge is -2.09. The SMILES string of the molecule is C=C(CC(=O)O)ONc1ccc(-c2nnc(SSc3nnc(-c4ccc(NC(=O)CCC(=O)O)cc4)o3)o2)cc1. The Kier molecular flexibility index (Phi) is 9.37. The van der Waals surface area contributed by atoms with Crippen molar-refractivity contribution in [3.8, 4) is 22.9 Å². The monoisotopic (exact) mass is 584 g/mol. The number of benzene rings is 2.